The quantitative estimate of drug-likeness (QED) is 0.325. The van der Waals surface area contributed by atoms with Crippen molar-refractivity contribution < 1.29 is 53.9 Å². The highest BCUT2D eigenvalue weighted by Crippen LogP contribution is 2.52. The fraction of sp³-hybridized carbons (Fsp3) is 0.500. The van der Waals surface area contributed by atoms with Gasteiger partial charge in [0.1, 0.15) is 0 Å². The molecule has 11 heteroatoms. The van der Waals surface area contributed by atoms with E-state index in [1.807, 2.05) is 0 Å². The van der Waals surface area contributed by atoms with Crippen molar-refractivity contribution >= 4 is 35.6 Å². The van der Waals surface area contributed by atoms with E-state index in [1.54, 1.807) is 0 Å². The van der Waals surface area contributed by atoms with Gasteiger partial charge in [-0.05, 0) is 13.3 Å². The first-order valence-corrected chi connectivity index (χ1v) is 6.16. The summed E-state index contributed by atoms with van der Waals surface area (Å²) in [7, 11) is 0. The first kappa shape index (κ1) is 18.1. The molecule has 2 unspecified atom stereocenters. The van der Waals surface area contributed by atoms with Crippen LogP contribution in [-0.4, -0.2) is 62.7 Å². The lowest BCUT2D eigenvalue weighted by Gasteiger charge is -2.23. The summed E-state index contributed by atoms with van der Waals surface area (Å²) in [5, 5.41) is 36.6. The zero-order valence-corrected chi connectivity index (χ0v) is 11.6. The molecular formula is C12H12O11. The molecule has 0 saturated heterocycles. The maximum absolute atomic E-state index is 12.4. The highest BCUT2D eigenvalue weighted by molar-refractivity contribution is 6.35. The molecule has 0 bridgehead atoms. The van der Waals surface area contributed by atoms with Crippen molar-refractivity contribution in [2.24, 2.45) is 16.7 Å². The molecule has 0 aromatic rings. The van der Waals surface area contributed by atoms with Gasteiger partial charge in [-0.15, -0.1) is 0 Å². The van der Waals surface area contributed by atoms with E-state index >= 15 is 0 Å². The molecule has 0 heterocycles. The van der Waals surface area contributed by atoms with Crippen LogP contribution in [0.15, 0.2) is 0 Å². The minimum absolute atomic E-state index is 0.383. The lowest BCUT2D eigenvalue weighted by Crippen LogP contribution is -2.54. The van der Waals surface area contributed by atoms with Crippen molar-refractivity contribution in [3.8, 4) is 0 Å². The van der Waals surface area contributed by atoms with Crippen LogP contribution in [0.5, 0.6) is 0 Å². The lowest BCUT2D eigenvalue weighted by molar-refractivity contribution is -0.177. The van der Waals surface area contributed by atoms with Crippen LogP contribution in [0.25, 0.3) is 0 Å². The van der Waals surface area contributed by atoms with Gasteiger partial charge >= 0.3 is 29.8 Å². The van der Waals surface area contributed by atoms with Crippen LogP contribution in [0.4, 0.5) is 0 Å². The molecule has 11 nitrogen and oxygen atoms in total. The van der Waals surface area contributed by atoms with Crippen LogP contribution in [0.2, 0.25) is 0 Å². The van der Waals surface area contributed by atoms with Crippen molar-refractivity contribution in [2.75, 3.05) is 6.61 Å². The minimum atomic E-state index is -3.60. The summed E-state index contributed by atoms with van der Waals surface area (Å²) in [5.41, 5.74) is -6.81. The Morgan fingerprint density at radius 1 is 1.04 bits per heavy atom. The van der Waals surface area contributed by atoms with Gasteiger partial charge in [-0.3, -0.25) is 28.8 Å². The molecule has 0 aliphatic heterocycles. The Morgan fingerprint density at radius 2 is 1.52 bits per heavy atom. The van der Waals surface area contributed by atoms with Gasteiger partial charge in [-0.2, -0.15) is 0 Å². The number of carboxylic acid groups (broad SMARTS) is 4. The SMILES string of the molecule is CCOC(=O)C1(C(=O)O)CC(C(=O)O)C(C(=O)O)(C(=O)O)C1=O. The number of hydrogen-bond donors (Lipinski definition) is 4. The van der Waals surface area contributed by atoms with Gasteiger partial charge in [0.2, 0.25) is 10.8 Å². The number of rotatable bonds is 6. The van der Waals surface area contributed by atoms with Crippen LogP contribution < -0.4 is 0 Å². The smallest absolute Gasteiger partial charge is 0.331 e. The maximum Gasteiger partial charge on any atom is 0.331 e. The van der Waals surface area contributed by atoms with Gasteiger partial charge in [0, 0.05) is 0 Å². The summed E-state index contributed by atoms with van der Waals surface area (Å²) in [6.07, 6.45) is -1.34. The van der Waals surface area contributed by atoms with E-state index in [-0.39, 0.29) is 6.61 Å². The zero-order chi connectivity index (χ0) is 18.2. The molecule has 0 radical (unpaired) electrons. The first-order valence-electron chi connectivity index (χ1n) is 6.16. The van der Waals surface area contributed by atoms with Crippen LogP contribution in [-0.2, 0) is 33.5 Å². The molecule has 1 fully saturated rings. The maximum atomic E-state index is 12.4. The van der Waals surface area contributed by atoms with E-state index in [1.165, 1.54) is 6.92 Å². The first-order chi connectivity index (χ1) is 10.5. The summed E-state index contributed by atoms with van der Waals surface area (Å²) in [6, 6.07) is 0. The topological polar surface area (TPSA) is 193 Å². The van der Waals surface area contributed by atoms with E-state index in [0.29, 0.717) is 0 Å². The van der Waals surface area contributed by atoms with E-state index < -0.39 is 58.8 Å². The average molecular weight is 332 g/mol. The Hall–Kier alpha value is -2.98. The number of aliphatic carboxylic acids is 4. The fourth-order valence-electron chi connectivity index (χ4n) is 2.61. The number of Topliss-reactive ketones (excluding diaryl/α,β-unsaturated/α-hetero) is 1. The Kier molecular flexibility index (Phi) is 4.45. The third kappa shape index (κ3) is 2.12. The lowest BCUT2D eigenvalue weighted by atomic mass is 9.75. The van der Waals surface area contributed by atoms with Crippen molar-refractivity contribution in [1.29, 1.82) is 0 Å². The van der Waals surface area contributed by atoms with Crippen LogP contribution >= 0.6 is 0 Å². The molecule has 0 aromatic carbocycles. The molecule has 0 spiro atoms. The summed E-state index contributed by atoms with van der Waals surface area (Å²) in [6.45, 7) is 0.884. The van der Waals surface area contributed by atoms with Crippen molar-refractivity contribution in [3.63, 3.8) is 0 Å². The highest BCUT2D eigenvalue weighted by Gasteiger charge is 2.78. The Balaban J connectivity index is 3.75. The van der Waals surface area contributed by atoms with Gasteiger partial charge < -0.3 is 25.2 Å². The molecule has 0 aromatic heterocycles. The highest BCUT2D eigenvalue weighted by atomic mass is 16.5. The number of ketones is 1. The minimum Gasteiger partial charge on any atom is -0.481 e. The number of carbonyl (C=O) groups is 6. The van der Waals surface area contributed by atoms with Gasteiger partial charge in [-0.1, -0.05) is 0 Å². The van der Waals surface area contributed by atoms with Crippen LogP contribution in [0.3, 0.4) is 0 Å². The molecule has 2 atom stereocenters. The summed E-state index contributed by atoms with van der Waals surface area (Å²) < 4.78 is 4.42. The van der Waals surface area contributed by atoms with Crippen molar-refractivity contribution in [3.05, 3.63) is 0 Å². The molecule has 1 aliphatic carbocycles. The molecule has 126 valence electrons. The van der Waals surface area contributed by atoms with Gasteiger partial charge in [-0.25, -0.2) is 0 Å². The molecule has 0 amide bonds. The van der Waals surface area contributed by atoms with Crippen molar-refractivity contribution in [1.82, 2.24) is 0 Å². The Bertz CT molecular complexity index is 604. The summed E-state index contributed by atoms with van der Waals surface area (Å²) in [5.74, 6) is -15.1. The molecule has 4 N–H and O–H groups in total. The standard InChI is InChI=1S/C12H12O11/c1-2-23-10(22)11(7(16)17)3-4(5(13)14)12(6(11)15,8(18)19)9(20)21/h4H,2-3H2,1H3,(H,13,14)(H,16,17)(H,18,19)(H,20,21). The van der Waals surface area contributed by atoms with Gasteiger partial charge in [0.05, 0.1) is 12.5 Å². The second-order valence-corrected chi connectivity index (χ2v) is 4.77. The largest absolute Gasteiger partial charge is 0.481 e. The fourth-order valence-corrected chi connectivity index (χ4v) is 2.61. The Morgan fingerprint density at radius 3 is 1.78 bits per heavy atom. The predicted molar refractivity (Wildman–Crippen MR) is 65.2 cm³/mol. The van der Waals surface area contributed by atoms with Crippen LogP contribution in [0.1, 0.15) is 13.3 Å². The normalized spacial score (nSPS) is 25.6. The second kappa shape index (κ2) is 5.66. The second-order valence-electron chi connectivity index (χ2n) is 4.77. The predicted octanol–water partition coefficient (Wildman–Crippen LogP) is -1.55. The number of hydrogen-bond acceptors (Lipinski definition) is 7. The number of esters is 1. The van der Waals surface area contributed by atoms with E-state index in [9.17, 15) is 33.9 Å². The third-order valence-electron chi connectivity index (χ3n) is 3.74. The van der Waals surface area contributed by atoms with Crippen molar-refractivity contribution in [2.45, 2.75) is 13.3 Å². The molecule has 1 saturated carbocycles. The average Bonchev–Trinajstić information content (AvgIpc) is 2.70. The van der Waals surface area contributed by atoms with E-state index in [4.69, 9.17) is 15.3 Å². The number of carboxylic acids is 4. The molecular weight excluding hydrogens is 320 g/mol. The number of carbonyl (C=O) groups excluding carboxylic acids is 2. The van der Waals surface area contributed by atoms with E-state index in [2.05, 4.69) is 4.74 Å². The summed E-state index contributed by atoms with van der Waals surface area (Å²) in [4.78, 5) is 69.7. The van der Waals surface area contributed by atoms with E-state index in [0.717, 1.165) is 0 Å². The van der Waals surface area contributed by atoms with Gasteiger partial charge in [0.25, 0.3) is 0 Å². The Labute approximate surface area is 127 Å². The summed E-state index contributed by atoms with van der Waals surface area (Å²) >= 11 is 0. The molecule has 1 aliphatic rings. The third-order valence-corrected chi connectivity index (χ3v) is 3.74. The van der Waals surface area contributed by atoms with Crippen LogP contribution in [0, 0.1) is 16.7 Å². The monoisotopic (exact) mass is 332 g/mol. The van der Waals surface area contributed by atoms with Gasteiger partial charge in [0.15, 0.2) is 5.78 Å². The number of ether oxygens (including phenoxy) is 1. The zero-order valence-electron chi connectivity index (χ0n) is 11.6. The molecule has 1 rings (SSSR count). The molecule has 23 heavy (non-hydrogen) atoms.